The molecule has 0 aromatic heterocycles. The van der Waals surface area contributed by atoms with Crippen LogP contribution in [0, 0.1) is 0 Å². The van der Waals surface area contributed by atoms with Crippen molar-refractivity contribution >= 4 is 34.5 Å². The number of Topliss-reactive ketones (excluding diaryl/α,β-unsaturated/α-hetero) is 1. The van der Waals surface area contributed by atoms with E-state index < -0.39 is 0 Å². The van der Waals surface area contributed by atoms with Crippen molar-refractivity contribution in [2.75, 3.05) is 17.2 Å². The second-order valence-electron chi connectivity index (χ2n) is 4.64. The maximum Gasteiger partial charge on any atom is 0.175 e. The Bertz CT molecular complexity index is 669. The zero-order valence-corrected chi connectivity index (χ0v) is 13.4. The van der Waals surface area contributed by atoms with E-state index in [0.29, 0.717) is 17.3 Å². The molecule has 0 atom stereocenters. The van der Waals surface area contributed by atoms with Crippen molar-refractivity contribution < 1.29 is 9.53 Å². The van der Waals surface area contributed by atoms with Crippen LogP contribution in [0.3, 0.4) is 0 Å². The highest BCUT2D eigenvalue weighted by Crippen LogP contribution is 2.24. The molecular weight excluding hydrogens is 296 g/mol. The third kappa shape index (κ3) is 4.30. The summed E-state index contributed by atoms with van der Waals surface area (Å²) >= 11 is 5.30. The monoisotopic (exact) mass is 314 g/mol. The summed E-state index contributed by atoms with van der Waals surface area (Å²) in [5, 5.41) is 6.65. The molecule has 0 saturated carbocycles. The van der Waals surface area contributed by atoms with E-state index in [2.05, 4.69) is 10.6 Å². The Morgan fingerprint density at radius 1 is 1.09 bits per heavy atom. The van der Waals surface area contributed by atoms with Gasteiger partial charge in [0.25, 0.3) is 0 Å². The molecule has 0 unspecified atom stereocenters. The molecule has 2 aromatic rings. The van der Waals surface area contributed by atoms with Crippen LogP contribution < -0.4 is 15.4 Å². The number of carbonyl (C=O) groups excluding carboxylic acids is 1. The van der Waals surface area contributed by atoms with Crippen LogP contribution in [0.25, 0.3) is 0 Å². The number of carbonyl (C=O) groups is 1. The highest BCUT2D eigenvalue weighted by Gasteiger charge is 2.05. The van der Waals surface area contributed by atoms with E-state index in [0.717, 1.165) is 17.1 Å². The number of hydrogen-bond donors (Lipinski definition) is 2. The van der Waals surface area contributed by atoms with Gasteiger partial charge in [0.15, 0.2) is 10.9 Å². The number of hydrogen-bond acceptors (Lipinski definition) is 3. The maximum atomic E-state index is 11.2. The smallest absolute Gasteiger partial charge is 0.175 e. The third-order valence-electron chi connectivity index (χ3n) is 2.98. The van der Waals surface area contributed by atoms with E-state index >= 15 is 0 Å². The molecule has 2 N–H and O–H groups in total. The SMILES string of the molecule is CCOc1ccccc1NC(=S)Nc1ccc(C(C)=O)cc1. The summed E-state index contributed by atoms with van der Waals surface area (Å²) in [4.78, 5) is 11.2. The third-order valence-corrected chi connectivity index (χ3v) is 3.19. The van der Waals surface area contributed by atoms with Crippen molar-refractivity contribution in [3.05, 3.63) is 54.1 Å². The molecule has 0 heterocycles. The first-order chi connectivity index (χ1) is 10.6. The Hall–Kier alpha value is -2.40. The van der Waals surface area contributed by atoms with Crippen LogP contribution in [-0.2, 0) is 0 Å². The van der Waals surface area contributed by atoms with Gasteiger partial charge in [0.1, 0.15) is 5.75 Å². The molecule has 0 spiro atoms. The van der Waals surface area contributed by atoms with E-state index in [9.17, 15) is 4.79 Å². The number of thiocarbonyl (C=S) groups is 1. The summed E-state index contributed by atoms with van der Waals surface area (Å²) in [6.07, 6.45) is 0. The predicted molar refractivity (Wildman–Crippen MR) is 93.9 cm³/mol. The molecular formula is C17H18N2O2S. The van der Waals surface area contributed by atoms with Gasteiger partial charge < -0.3 is 15.4 Å². The van der Waals surface area contributed by atoms with Crippen LogP contribution >= 0.6 is 12.2 Å². The van der Waals surface area contributed by atoms with Gasteiger partial charge in [-0.3, -0.25) is 4.79 Å². The fraction of sp³-hybridized carbons (Fsp3) is 0.176. The summed E-state index contributed by atoms with van der Waals surface area (Å²) in [7, 11) is 0. The number of ether oxygens (including phenoxy) is 1. The molecule has 0 amide bonds. The lowest BCUT2D eigenvalue weighted by Gasteiger charge is -2.14. The molecule has 2 aromatic carbocycles. The zero-order valence-electron chi connectivity index (χ0n) is 12.6. The standard InChI is InChI=1S/C17H18N2O2S/c1-3-21-16-7-5-4-6-15(16)19-17(22)18-14-10-8-13(9-11-14)12(2)20/h4-11H,3H2,1-2H3,(H2,18,19,22). The largest absolute Gasteiger partial charge is 0.492 e. The lowest BCUT2D eigenvalue weighted by Crippen LogP contribution is -2.19. The van der Waals surface area contributed by atoms with Crippen LogP contribution in [-0.4, -0.2) is 17.5 Å². The normalized spacial score (nSPS) is 9.91. The van der Waals surface area contributed by atoms with Crippen LogP contribution in [0.5, 0.6) is 5.75 Å². The molecule has 4 nitrogen and oxygen atoms in total. The number of ketones is 1. The molecule has 114 valence electrons. The van der Waals surface area contributed by atoms with Gasteiger partial charge in [0.05, 0.1) is 12.3 Å². The van der Waals surface area contributed by atoms with Crippen molar-refractivity contribution in [2.24, 2.45) is 0 Å². The van der Waals surface area contributed by atoms with E-state index in [4.69, 9.17) is 17.0 Å². The zero-order chi connectivity index (χ0) is 15.9. The number of anilines is 2. The van der Waals surface area contributed by atoms with E-state index in [-0.39, 0.29) is 5.78 Å². The molecule has 0 saturated heterocycles. The Morgan fingerprint density at radius 3 is 2.41 bits per heavy atom. The van der Waals surface area contributed by atoms with Gasteiger partial charge in [-0.15, -0.1) is 0 Å². The van der Waals surface area contributed by atoms with Gasteiger partial charge in [0, 0.05) is 11.3 Å². The van der Waals surface area contributed by atoms with Crippen LogP contribution in [0.2, 0.25) is 0 Å². The molecule has 0 bridgehead atoms. The van der Waals surface area contributed by atoms with Gasteiger partial charge in [-0.05, 0) is 62.5 Å². The highest BCUT2D eigenvalue weighted by atomic mass is 32.1. The van der Waals surface area contributed by atoms with Crippen molar-refractivity contribution in [3.8, 4) is 5.75 Å². The van der Waals surface area contributed by atoms with E-state index in [1.165, 1.54) is 0 Å². The maximum absolute atomic E-state index is 11.2. The molecule has 22 heavy (non-hydrogen) atoms. The Labute approximate surface area is 135 Å². The predicted octanol–water partition coefficient (Wildman–Crippen LogP) is 4.10. The molecule has 0 aliphatic carbocycles. The summed E-state index contributed by atoms with van der Waals surface area (Å²) in [6.45, 7) is 4.06. The second kappa shape index (κ2) is 7.56. The average molecular weight is 314 g/mol. The quantitative estimate of drug-likeness (QED) is 0.643. The lowest BCUT2D eigenvalue weighted by atomic mass is 10.1. The second-order valence-corrected chi connectivity index (χ2v) is 5.05. The van der Waals surface area contributed by atoms with Crippen LogP contribution in [0.4, 0.5) is 11.4 Å². The van der Waals surface area contributed by atoms with Crippen molar-refractivity contribution in [2.45, 2.75) is 13.8 Å². The van der Waals surface area contributed by atoms with E-state index in [1.54, 1.807) is 19.1 Å². The molecule has 0 aliphatic rings. The lowest BCUT2D eigenvalue weighted by molar-refractivity contribution is 0.101. The minimum Gasteiger partial charge on any atom is -0.492 e. The highest BCUT2D eigenvalue weighted by molar-refractivity contribution is 7.80. The first-order valence-electron chi connectivity index (χ1n) is 7.01. The number of rotatable bonds is 5. The van der Waals surface area contributed by atoms with Crippen LogP contribution in [0.1, 0.15) is 24.2 Å². The molecule has 0 radical (unpaired) electrons. The average Bonchev–Trinajstić information content (AvgIpc) is 2.50. The molecule has 0 fully saturated rings. The summed E-state index contributed by atoms with van der Waals surface area (Å²) < 4.78 is 5.54. The Morgan fingerprint density at radius 2 is 1.77 bits per heavy atom. The summed E-state index contributed by atoms with van der Waals surface area (Å²) in [5.41, 5.74) is 2.30. The first kappa shape index (κ1) is 16.0. The van der Waals surface area contributed by atoms with Crippen molar-refractivity contribution in [3.63, 3.8) is 0 Å². The molecule has 2 rings (SSSR count). The topological polar surface area (TPSA) is 50.4 Å². The fourth-order valence-electron chi connectivity index (χ4n) is 1.92. The van der Waals surface area contributed by atoms with E-state index in [1.807, 2.05) is 43.3 Å². The number of benzene rings is 2. The van der Waals surface area contributed by atoms with Crippen LogP contribution in [0.15, 0.2) is 48.5 Å². The van der Waals surface area contributed by atoms with Gasteiger partial charge in [-0.1, -0.05) is 12.1 Å². The van der Waals surface area contributed by atoms with Gasteiger partial charge in [-0.25, -0.2) is 0 Å². The minimum absolute atomic E-state index is 0.0397. The Balaban J connectivity index is 2.02. The van der Waals surface area contributed by atoms with Gasteiger partial charge >= 0.3 is 0 Å². The molecule has 0 aliphatic heterocycles. The van der Waals surface area contributed by atoms with Gasteiger partial charge in [0.2, 0.25) is 0 Å². The number of nitrogens with one attached hydrogen (secondary N) is 2. The Kier molecular flexibility index (Phi) is 5.49. The fourth-order valence-corrected chi connectivity index (χ4v) is 2.15. The molecule has 5 heteroatoms. The summed E-state index contributed by atoms with van der Waals surface area (Å²) in [6, 6.07) is 14.8. The van der Waals surface area contributed by atoms with Crippen molar-refractivity contribution in [1.82, 2.24) is 0 Å². The van der Waals surface area contributed by atoms with Gasteiger partial charge in [-0.2, -0.15) is 0 Å². The first-order valence-corrected chi connectivity index (χ1v) is 7.42. The number of para-hydroxylation sites is 2. The summed E-state index contributed by atoms with van der Waals surface area (Å²) in [5.74, 6) is 0.791. The minimum atomic E-state index is 0.0397. The van der Waals surface area contributed by atoms with Crippen molar-refractivity contribution in [1.29, 1.82) is 0 Å².